The molecule has 8 heteroatoms. The fraction of sp³-hybridized carbons (Fsp3) is 0.167. The second-order valence-corrected chi connectivity index (χ2v) is 7.49. The van der Waals surface area contributed by atoms with Crippen molar-refractivity contribution < 1.29 is 9.53 Å². The molecule has 1 fully saturated rings. The zero-order chi connectivity index (χ0) is 18.5. The Morgan fingerprint density at radius 3 is 2.69 bits per heavy atom. The number of halogens is 2. The molecule has 0 aromatic heterocycles. The number of methoxy groups -OCH3 is 1. The fourth-order valence-electron chi connectivity index (χ4n) is 2.31. The number of amidine groups is 1. The molecule has 2 aromatic carbocycles. The van der Waals surface area contributed by atoms with Crippen molar-refractivity contribution in [3.8, 4) is 5.75 Å². The summed E-state index contributed by atoms with van der Waals surface area (Å²) in [5, 5.41) is 12.1. The molecule has 2 aromatic rings. The van der Waals surface area contributed by atoms with E-state index in [2.05, 4.69) is 15.5 Å². The Labute approximate surface area is 165 Å². The minimum absolute atomic E-state index is 0.112. The van der Waals surface area contributed by atoms with Crippen LogP contribution < -0.4 is 10.1 Å². The number of thioether (sulfide) groups is 1. The SMILES string of the molecule is COc1ccc(/C=N\N=C2/NC(=O)[C@H](Cc3ccc(Cl)cc3Cl)S2)cc1. The highest BCUT2D eigenvalue weighted by molar-refractivity contribution is 8.15. The lowest BCUT2D eigenvalue weighted by molar-refractivity contribution is -0.118. The van der Waals surface area contributed by atoms with E-state index >= 15 is 0 Å². The lowest BCUT2D eigenvalue weighted by Gasteiger charge is -2.07. The molecule has 0 bridgehead atoms. The number of ether oxygens (including phenoxy) is 1. The van der Waals surface area contributed by atoms with Crippen LogP contribution in [0.5, 0.6) is 5.75 Å². The van der Waals surface area contributed by atoms with Gasteiger partial charge >= 0.3 is 0 Å². The van der Waals surface area contributed by atoms with Crippen molar-refractivity contribution >= 4 is 52.3 Å². The highest BCUT2D eigenvalue weighted by Gasteiger charge is 2.30. The summed E-state index contributed by atoms with van der Waals surface area (Å²) in [6, 6.07) is 12.7. The molecule has 5 nitrogen and oxygen atoms in total. The number of amides is 1. The number of hydrogen-bond acceptors (Lipinski definition) is 5. The molecule has 1 saturated heterocycles. The van der Waals surface area contributed by atoms with E-state index in [-0.39, 0.29) is 11.2 Å². The molecule has 26 heavy (non-hydrogen) atoms. The van der Waals surface area contributed by atoms with Crippen molar-refractivity contribution in [2.45, 2.75) is 11.7 Å². The molecule has 1 atom stereocenters. The van der Waals surface area contributed by atoms with Gasteiger partial charge in [0.05, 0.1) is 18.6 Å². The van der Waals surface area contributed by atoms with Crippen LogP contribution >= 0.6 is 35.0 Å². The number of hydrogen-bond donors (Lipinski definition) is 1. The molecule has 0 saturated carbocycles. The van der Waals surface area contributed by atoms with E-state index in [9.17, 15) is 4.79 Å². The van der Waals surface area contributed by atoms with E-state index in [0.29, 0.717) is 21.6 Å². The van der Waals surface area contributed by atoms with E-state index in [4.69, 9.17) is 27.9 Å². The van der Waals surface area contributed by atoms with Gasteiger partial charge in [0, 0.05) is 10.0 Å². The Balaban J connectivity index is 1.62. The van der Waals surface area contributed by atoms with Crippen LogP contribution in [-0.2, 0) is 11.2 Å². The van der Waals surface area contributed by atoms with Crippen LogP contribution in [0.3, 0.4) is 0 Å². The summed E-state index contributed by atoms with van der Waals surface area (Å²) in [6.07, 6.45) is 2.11. The van der Waals surface area contributed by atoms with Crippen LogP contribution in [0.25, 0.3) is 0 Å². The van der Waals surface area contributed by atoms with Crippen molar-refractivity contribution in [1.29, 1.82) is 0 Å². The van der Waals surface area contributed by atoms with Crippen molar-refractivity contribution in [1.82, 2.24) is 5.32 Å². The van der Waals surface area contributed by atoms with Gasteiger partial charge in [-0.2, -0.15) is 5.10 Å². The Bertz CT molecular complexity index is 869. The fourth-order valence-corrected chi connectivity index (χ4v) is 3.75. The van der Waals surface area contributed by atoms with E-state index in [1.54, 1.807) is 25.5 Å². The van der Waals surface area contributed by atoms with Crippen LogP contribution in [0.2, 0.25) is 10.0 Å². The lowest BCUT2D eigenvalue weighted by atomic mass is 10.1. The third kappa shape index (κ3) is 4.78. The highest BCUT2D eigenvalue weighted by atomic mass is 35.5. The van der Waals surface area contributed by atoms with Gasteiger partial charge in [-0.1, -0.05) is 41.0 Å². The maximum atomic E-state index is 12.1. The third-order valence-corrected chi connectivity index (χ3v) is 5.33. The third-order valence-electron chi connectivity index (χ3n) is 3.67. The van der Waals surface area contributed by atoms with Crippen molar-refractivity contribution in [2.24, 2.45) is 10.2 Å². The van der Waals surface area contributed by atoms with Gasteiger partial charge in [-0.25, -0.2) is 0 Å². The Kier molecular flexibility index (Phi) is 6.19. The van der Waals surface area contributed by atoms with Gasteiger partial charge < -0.3 is 10.1 Å². The molecular formula is C18H15Cl2N3O2S. The molecule has 1 aliphatic heterocycles. The maximum Gasteiger partial charge on any atom is 0.239 e. The maximum absolute atomic E-state index is 12.1. The summed E-state index contributed by atoms with van der Waals surface area (Å²) >= 11 is 13.4. The number of carbonyl (C=O) groups excluding carboxylic acids is 1. The van der Waals surface area contributed by atoms with Gasteiger partial charge in [0.25, 0.3) is 0 Å². The number of carbonyl (C=O) groups is 1. The summed E-state index contributed by atoms with van der Waals surface area (Å²) in [5.74, 6) is 0.662. The van der Waals surface area contributed by atoms with Gasteiger partial charge in [0.15, 0.2) is 5.17 Å². The number of rotatable bonds is 5. The van der Waals surface area contributed by atoms with Crippen LogP contribution in [0.4, 0.5) is 0 Å². The van der Waals surface area contributed by atoms with Crippen LogP contribution in [0.1, 0.15) is 11.1 Å². The Morgan fingerprint density at radius 1 is 1.23 bits per heavy atom. The molecule has 0 radical (unpaired) electrons. The summed E-state index contributed by atoms with van der Waals surface area (Å²) in [4.78, 5) is 12.1. The first-order chi connectivity index (χ1) is 12.5. The zero-order valence-electron chi connectivity index (χ0n) is 13.8. The summed E-state index contributed by atoms with van der Waals surface area (Å²) < 4.78 is 5.10. The molecule has 1 N–H and O–H groups in total. The molecular weight excluding hydrogens is 393 g/mol. The van der Waals surface area contributed by atoms with Gasteiger partial charge in [0.1, 0.15) is 5.75 Å². The smallest absolute Gasteiger partial charge is 0.239 e. The first-order valence-corrected chi connectivity index (χ1v) is 9.35. The Hall–Kier alpha value is -2.02. The molecule has 0 aliphatic carbocycles. The minimum Gasteiger partial charge on any atom is -0.497 e. The van der Waals surface area contributed by atoms with E-state index in [1.165, 1.54) is 11.8 Å². The quantitative estimate of drug-likeness (QED) is 0.597. The van der Waals surface area contributed by atoms with E-state index in [0.717, 1.165) is 16.9 Å². The average molecular weight is 408 g/mol. The molecule has 1 heterocycles. The van der Waals surface area contributed by atoms with Crippen LogP contribution in [-0.4, -0.2) is 29.6 Å². The molecule has 1 aliphatic rings. The first-order valence-electron chi connectivity index (χ1n) is 7.71. The van der Waals surface area contributed by atoms with Crippen molar-refractivity contribution in [3.05, 3.63) is 63.6 Å². The minimum atomic E-state index is -0.302. The van der Waals surface area contributed by atoms with E-state index in [1.807, 2.05) is 30.3 Å². The molecule has 134 valence electrons. The monoisotopic (exact) mass is 407 g/mol. The summed E-state index contributed by atoms with van der Waals surface area (Å²) in [5.41, 5.74) is 1.75. The second kappa shape index (κ2) is 8.58. The number of nitrogens with zero attached hydrogens (tertiary/aromatic N) is 2. The number of benzene rings is 2. The highest BCUT2D eigenvalue weighted by Crippen LogP contribution is 2.28. The normalized spacial score (nSPS) is 18.5. The predicted molar refractivity (Wildman–Crippen MR) is 108 cm³/mol. The topological polar surface area (TPSA) is 63.1 Å². The van der Waals surface area contributed by atoms with Gasteiger partial charge in [-0.3, -0.25) is 4.79 Å². The van der Waals surface area contributed by atoms with Gasteiger partial charge in [-0.05, 0) is 53.9 Å². The van der Waals surface area contributed by atoms with Gasteiger partial charge in [0.2, 0.25) is 5.91 Å². The molecule has 0 unspecified atom stereocenters. The van der Waals surface area contributed by atoms with Crippen LogP contribution in [0.15, 0.2) is 52.7 Å². The number of nitrogens with one attached hydrogen (secondary N) is 1. The van der Waals surface area contributed by atoms with Crippen molar-refractivity contribution in [2.75, 3.05) is 7.11 Å². The first kappa shape index (κ1) is 18.8. The van der Waals surface area contributed by atoms with Crippen LogP contribution in [0, 0.1) is 0 Å². The van der Waals surface area contributed by atoms with Gasteiger partial charge in [-0.15, -0.1) is 5.10 Å². The molecule has 0 spiro atoms. The summed E-state index contributed by atoms with van der Waals surface area (Å²) in [7, 11) is 1.61. The summed E-state index contributed by atoms with van der Waals surface area (Å²) in [6.45, 7) is 0. The standard InChI is InChI=1S/C18H15Cl2N3O2S/c1-25-14-6-2-11(3-7-14)10-21-23-18-22-17(24)16(26-18)8-12-4-5-13(19)9-15(12)20/h2-7,9-10,16H,8H2,1H3,(H,22,23,24)/b21-10-/t16-/m0/s1. The second-order valence-electron chi connectivity index (χ2n) is 5.46. The Morgan fingerprint density at radius 2 is 2.00 bits per heavy atom. The molecule has 1 amide bonds. The molecule has 3 rings (SSSR count). The zero-order valence-corrected chi connectivity index (χ0v) is 16.1. The van der Waals surface area contributed by atoms with E-state index < -0.39 is 0 Å². The largest absolute Gasteiger partial charge is 0.497 e. The average Bonchev–Trinajstić information content (AvgIpc) is 2.97. The predicted octanol–water partition coefficient (Wildman–Crippen LogP) is 4.17. The lowest BCUT2D eigenvalue weighted by Crippen LogP contribution is -2.26. The van der Waals surface area contributed by atoms with Crippen molar-refractivity contribution in [3.63, 3.8) is 0 Å².